The number of para-hydroxylation sites is 4. The van der Waals surface area contributed by atoms with Crippen LogP contribution in [0.2, 0.25) is 0 Å². The van der Waals surface area contributed by atoms with Gasteiger partial charge >= 0.3 is 23.9 Å². The Hall–Kier alpha value is -7.34. The number of fused-ring (bicyclic) bond motifs is 4. The molecule has 0 spiro atoms. The van der Waals surface area contributed by atoms with Crippen LogP contribution in [0.3, 0.4) is 0 Å². The van der Waals surface area contributed by atoms with Gasteiger partial charge in [0.1, 0.15) is 0 Å². The van der Waals surface area contributed by atoms with Crippen LogP contribution in [0.1, 0.15) is 22.3 Å². The number of nitrogens with one attached hydrogen (secondary N) is 2. The summed E-state index contributed by atoms with van der Waals surface area (Å²) < 4.78 is 0. The molecule has 54 heavy (non-hydrogen) atoms. The first-order valence-electron chi connectivity index (χ1n) is 16.9. The molecule has 2 aromatic heterocycles. The summed E-state index contributed by atoms with van der Waals surface area (Å²) in [7, 11) is 0. The second-order valence-electron chi connectivity index (χ2n) is 12.7. The third kappa shape index (κ3) is 6.95. The van der Waals surface area contributed by atoms with Crippen molar-refractivity contribution in [2.24, 2.45) is 0 Å². The average molecular weight is 721 g/mol. The Morgan fingerprint density at radius 1 is 0.407 bits per heavy atom. The summed E-state index contributed by atoms with van der Waals surface area (Å²) in [5, 5.41) is 43.6. The lowest BCUT2D eigenvalue weighted by atomic mass is 9.83. The summed E-state index contributed by atoms with van der Waals surface area (Å²) in [5.41, 5.74) is 6.26. The molecule has 12 heteroatoms. The van der Waals surface area contributed by atoms with E-state index in [1.807, 2.05) is 48.5 Å². The van der Waals surface area contributed by atoms with Crippen molar-refractivity contribution in [2.45, 2.75) is 25.7 Å². The molecule has 7 aromatic carbocycles. The summed E-state index contributed by atoms with van der Waals surface area (Å²) in [6.45, 7) is 0. The summed E-state index contributed by atoms with van der Waals surface area (Å²) in [6.07, 6.45) is 2.30. The molecule has 268 valence electrons. The van der Waals surface area contributed by atoms with Gasteiger partial charge in [0.05, 0.1) is 60.4 Å². The van der Waals surface area contributed by atoms with Crippen LogP contribution in [0.25, 0.3) is 65.2 Å². The van der Waals surface area contributed by atoms with Crippen LogP contribution in [-0.4, -0.2) is 64.2 Å². The van der Waals surface area contributed by atoms with E-state index < -0.39 is 23.9 Å². The minimum atomic E-state index is -1.04. The van der Waals surface area contributed by atoms with E-state index in [9.17, 15) is 39.6 Å². The van der Waals surface area contributed by atoms with Gasteiger partial charge in [0.2, 0.25) is 0 Å². The van der Waals surface area contributed by atoms with Crippen LogP contribution in [0.15, 0.2) is 110 Å². The number of carboxylic acids is 4. The number of hydrogen-bond acceptors (Lipinski definition) is 6. The molecule has 0 amide bonds. The summed E-state index contributed by atoms with van der Waals surface area (Å²) >= 11 is 0. The Bertz CT molecular complexity index is 2500. The molecular weight excluding hydrogens is 688 g/mol. The molecule has 0 bridgehead atoms. The fourth-order valence-electron chi connectivity index (χ4n) is 7.18. The molecular formula is C42H32N4O8. The minimum Gasteiger partial charge on any atom is -0.481 e. The molecule has 6 N–H and O–H groups in total. The maximum atomic E-state index is 11.6. The number of nitrogens with zero attached hydrogens (tertiary/aromatic N) is 2. The molecule has 0 saturated carbocycles. The van der Waals surface area contributed by atoms with E-state index in [2.05, 4.69) is 19.9 Å². The van der Waals surface area contributed by atoms with E-state index in [4.69, 9.17) is 0 Å². The zero-order chi connectivity index (χ0) is 37.9. The standard InChI is InChI=1S/C28H20O8.2C7H6N2/c29-21(30)9-13-1-5-17-18-6-3-15(11-23(33)34)26-16(12-24(35)36)4-8-20(28(18)26)19-7-2-14(10-22(31)32)25(13)27(17)19;2*1-2-4-7-6(3-1)8-5-9-7/h1-8H,9-12H2,(H,29,30)(H,31,32)(H,33,34)(H,35,36);2*1-5H,(H,8,9). The van der Waals surface area contributed by atoms with Crippen LogP contribution in [0.5, 0.6) is 0 Å². The van der Waals surface area contributed by atoms with Gasteiger partial charge in [-0.2, -0.15) is 0 Å². The van der Waals surface area contributed by atoms with Gasteiger partial charge in [0, 0.05) is 0 Å². The van der Waals surface area contributed by atoms with Crippen LogP contribution < -0.4 is 0 Å². The molecule has 0 unspecified atom stereocenters. The first-order chi connectivity index (χ1) is 26.1. The van der Waals surface area contributed by atoms with Gasteiger partial charge in [-0.25, -0.2) is 9.97 Å². The number of aliphatic carboxylic acids is 4. The van der Waals surface area contributed by atoms with Gasteiger partial charge in [-0.05, 0) is 89.6 Å². The molecule has 0 atom stereocenters. The number of carboxylic acid groups (broad SMARTS) is 4. The summed E-state index contributed by atoms with van der Waals surface area (Å²) in [5.74, 6) is -4.14. The van der Waals surface area contributed by atoms with Gasteiger partial charge < -0.3 is 30.4 Å². The predicted octanol–water partition coefficient (Wildman–Crippen LogP) is 7.37. The van der Waals surface area contributed by atoms with Crippen molar-refractivity contribution >= 4 is 89.0 Å². The van der Waals surface area contributed by atoms with E-state index in [-0.39, 0.29) is 25.7 Å². The number of imidazole rings is 2. The zero-order valence-electron chi connectivity index (χ0n) is 28.5. The van der Waals surface area contributed by atoms with Crippen LogP contribution in [0, 0.1) is 0 Å². The largest absolute Gasteiger partial charge is 0.481 e. The van der Waals surface area contributed by atoms with Crippen molar-refractivity contribution in [3.63, 3.8) is 0 Å². The number of aromatic nitrogens is 4. The van der Waals surface area contributed by atoms with E-state index in [0.29, 0.717) is 33.0 Å². The lowest BCUT2D eigenvalue weighted by Gasteiger charge is -2.20. The number of benzene rings is 7. The molecule has 0 saturated heterocycles. The van der Waals surface area contributed by atoms with Gasteiger partial charge in [0.15, 0.2) is 0 Å². The molecule has 0 radical (unpaired) electrons. The number of H-pyrrole nitrogens is 2. The van der Waals surface area contributed by atoms with Gasteiger partial charge in [-0.1, -0.05) is 72.8 Å². The quantitative estimate of drug-likeness (QED) is 0.0678. The summed E-state index contributed by atoms with van der Waals surface area (Å²) in [4.78, 5) is 60.5. The first-order valence-corrected chi connectivity index (χ1v) is 16.9. The second kappa shape index (κ2) is 14.7. The second-order valence-corrected chi connectivity index (χ2v) is 12.7. The predicted molar refractivity (Wildman–Crippen MR) is 205 cm³/mol. The van der Waals surface area contributed by atoms with Gasteiger partial charge in [0.25, 0.3) is 0 Å². The van der Waals surface area contributed by atoms with Gasteiger partial charge in [-0.3, -0.25) is 19.2 Å². The highest BCUT2D eigenvalue weighted by atomic mass is 16.4. The fraction of sp³-hybridized carbons (Fsp3) is 0.0952. The Kier molecular flexibility index (Phi) is 9.56. The average Bonchev–Trinajstić information content (AvgIpc) is 3.82. The lowest BCUT2D eigenvalue weighted by molar-refractivity contribution is -0.137. The molecule has 0 fully saturated rings. The third-order valence-corrected chi connectivity index (χ3v) is 9.27. The fourth-order valence-corrected chi connectivity index (χ4v) is 7.18. The highest BCUT2D eigenvalue weighted by Gasteiger charge is 2.22. The highest BCUT2D eigenvalue weighted by Crippen LogP contribution is 2.44. The SMILES string of the molecule is O=C(O)Cc1ccc2c3ccc(CC(=O)O)c4c(CC(=O)O)ccc(c5ccc(CC(=O)O)c1c25)c43.c1ccc2[nH]cnc2c1.c1ccc2[nH]cnc2c1. The van der Waals surface area contributed by atoms with Crippen LogP contribution >= 0.6 is 0 Å². The Balaban J connectivity index is 0.000000200. The monoisotopic (exact) mass is 720 g/mol. The van der Waals surface area contributed by atoms with E-state index in [1.165, 1.54) is 0 Å². The normalized spacial score (nSPS) is 11.1. The molecule has 9 rings (SSSR count). The highest BCUT2D eigenvalue weighted by molar-refractivity contribution is 6.34. The van der Waals surface area contributed by atoms with Crippen molar-refractivity contribution < 1.29 is 39.6 Å². The number of rotatable bonds is 8. The third-order valence-electron chi connectivity index (χ3n) is 9.27. The minimum absolute atomic E-state index is 0.274. The maximum absolute atomic E-state index is 11.6. The van der Waals surface area contributed by atoms with Crippen molar-refractivity contribution in [1.29, 1.82) is 0 Å². The molecule has 12 nitrogen and oxygen atoms in total. The first kappa shape index (κ1) is 35.1. The number of aromatic amines is 2. The summed E-state index contributed by atoms with van der Waals surface area (Å²) in [6, 6.07) is 29.8. The Morgan fingerprint density at radius 3 is 0.981 bits per heavy atom. The molecule has 0 aliphatic heterocycles. The molecule has 2 heterocycles. The molecule has 0 aliphatic carbocycles. The van der Waals surface area contributed by atoms with Crippen molar-refractivity contribution in [1.82, 2.24) is 19.9 Å². The number of hydrogen-bond donors (Lipinski definition) is 6. The van der Waals surface area contributed by atoms with Crippen molar-refractivity contribution in [2.75, 3.05) is 0 Å². The molecule has 9 aromatic rings. The maximum Gasteiger partial charge on any atom is 0.307 e. The molecule has 0 aliphatic rings. The van der Waals surface area contributed by atoms with Gasteiger partial charge in [-0.15, -0.1) is 0 Å². The smallest absolute Gasteiger partial charge is 0.307 e. The van der Waals surface area contributed by atoms with E-state index in [1.54, 1.807) is 61.2 Å². The number of carbonyl (C=O) groups is 4. The van der Waals surface area contributed by atoms with E-state index in [0.717, 1.165) is 54.4 Å². The van der Waals surface area contributed by atoms with Crippen LogP contribution in [-0.2, 0) is 44.9 Å². The topological polar surface area (TPSA) is 207 Å². The Labute approximate surface area is 305 Å². The van der Waals surface area contributed by atoms with Crippen molar-refractivity contribution in [3.05, 3.63) is 132 Å². The van der Waals surface area contributed by atoms with Crippen LogP contribution in [0.4, 0.5) is 0 Å². The van der Waals surface area contributed by atoms with Crippen molar-refractivity contribution in [3.8, 4) is 0 Å². The lowest BCUT2D eigenvalue weighted by Crippen LogP contribution is -2.07. The van der Waals surface area contributed by atoms with E-state index >= 15 is 0 Å². The zero-order valence-corrected chi connectivity index (χ0v) is 28.5. The Morgan fingerprint density at radius 2 is 0.704 bits per heavy atom.